The number of amides is 1. The lowest BCUT2D eigenvalue weighted by atomic mass is 9.94. The molecule has 0 aliphatic carbocycles. The van der Waals surface area contributed by atoms with Crippen LogP contribution in [-0.4, -0.2) is 36.5 Å². The van der Waals surface area contributed by atoms with Crippen molar-refractivity contribution in [3.8, 4) is 0 Å². The van der Waals surface area contributed by atoms with Crippen molar-refractivity contribution in [2.75, 3.05) is 24.5 Å². The van der Waals surface area contributed by atoms with Crippen LogP contribution in [0.2, 0.25) is 0 Å². The molecule has 1 aromatic heterocycles. The van der Waals surface area contributed by atoms with E-state index in [1.165, 1.54) is 5.56 Å². The maximum absolute atomic E-state index is 12.6. The predicted octanol–water partition coefficient (Wildman–Crippen LogP) is 3.40. The normalized spacial score (nSPS) is 14.0. The molecule has 0 saturated carbocycles. The minimum Gasteiger partial charge on any atom is -0.443 e. The van der Waals surface area contributed by atoms with E-state index < -0.39 is 0 Å². The maximum Gasteiger partial charge on any atom is 0.227 e. The number of carbonyl (C=O) groups is 1. The van der Waals surface area contributed by atoms with Crippen LogP contribution in [0, 0.1) is 0 Å². The molecule has 2 aromatic rings. The van der Waals surface area contributed by atoms with Crippen molar-refractivity contribution in [2.24, 2.45) is 4.99 Å². The summed E-state index contributed by atoms with van der Waals surface area (Å²) in [5.74, 6) is 2.33. The number of anilines is 1. The summed E-state index contributed by atoms with van der Waals surface area (Å²) in [5.41, 5.74) is 2.25. The van der Waals surface area contributed by atoms with Gasteiger partial charge in [-0.05, 0) is 31.4 Å². The fourth-order valence-corrected chi connectivity index (χ4v) is 3.40. The highest BCUT2D eigenvalue weighted by Crippen LogP contribution is 2.28. The molecule has 0 atom stereocenters. The van der Waals surface area contributed by atoms with E-state index in [-0.39, 0.29) is 11.3 Å². The molecule has 3 rings (SSSR count). The van der Waals surface area contributed by atoms with Crippen LogP contribution in [0.15, 0.2) is 39.9 Å². The molecule has 7 heteroatoms. The molecule has 0 bridgehead atoms. The summed E-state index contributed by atoms with van der Waals surface area (Å²) < 4.78 is 5.80. The van der Waals surface area contributed by atoms with Gasteiger partial charge in [0.1, 0.15) is 12.3 Å². The average molecular weight is 412 g/mol. The van der Waals surface area contributed by atoms with Gasteiger partial charge in [0, 0.05) is 37.2 Å². The maximum atomic E-state index is 12.6. The second kappa shape index (κ2) is 9.78. The molecule has 0 unspecified atom stereocenters. The van der Waals surface area contributed by atoms with E-state index in [1.54, 1.807) is 6.20 Å². The number of benzene rings is 1. The van der Waals surface area contributed by atoms with E-state index in [4.69, 9.17) is 4.42 Å². The molecule has 7 nitrogen and oxygen atoms in total. The minimum absolute atomic E-state index is 0.0693. The Kier molecular flexibility index (Phi) is 7.13. The summed E-state index contributed by atoms with van der Waals surface area (Å²) in [5, 5.41) is 6.51. The fourth-order valence-electron chi connectivity index (χ4n) is 3.40. The minimum atomic E-state index is -0.0693. The van der Waals surface area contributed by atoms with Crippen molar-refractivity contribution < 1.29 is 9.21 Å². The Hall–Kier alpha value is -2.83. The van der Waals surface area contributed by atoms with Gasteiger partial charge in [0.25, 0.3) is 0 Å². The lowest BCUT2D eigenvalue weighted by molar-refractivity contribution is -0.118. The Morgan fingerprint density at radius 3 is 2.80 bits per heavy atom. The van der Waals surface area contributed by atoms with Crippen LogP contribution >= 0.6 is 0 Å². The van der Waals surface area contributed by atoms with Crippen LogP contribution in [0.25, 0.3) is 0 Å². The van der Waals surface area contributed by atoms with E-state index in [1.807, 2.05) is 30.0 Å². The van der Waals surface area contributed by atoms with Gasteiger partial charge in [0.15, 0.2) is 5.96 Å². The van der Waals surface area contributed by atoms with E-state index in [0.29, 0.717) is 31.4 Å². The summed E-state index contributed by atoms with van der Waals surface area (Å²) in [6, 6.07) is 8.15. The zero-order valence-electron chi connectivity index (χ0n) is 18.5. The summed E-state index contributed by atoms with van der Waals surface area (Å²) in [6.07, 6.45) is 3.97. The van der Waals surface area contributed by atoms with Gasteiger partial charge in [-0.25, -0.2) is 9.98 Å². The standard InChI is InChI=1S/C23H33N5O2/c1-5-24-22(27-16-20-26-15-19(30-20)23(2,3)4)25-13-8-11-21(29)28-14-12-17-9-6-7-10-18(17)28/h6-7,9-10,15H,5,8,11-14,16H2,1-4H3,(H2,24,25,27). The Labute approximate surface area is 179 Å². The molecule has 0 spiro atoms. The third-order valence-corrected chi connectivity index (χ3v) is 5.06. The van der Waals surface area contributed by atoms with Gasteiger partial charge in [-0.1, -0.05) is 39.0 Å². The highest BCUT2D eigenvalue weighted by molar-refractivity contribution is 5.95. The number of fused-ring (bicyclic) bond motifs is 1. The quantitative estimate of drug-likeness (QED) is 0.415. The number of guanidine groups is 1. The van der Waals surface area contributed by atoms with Crippen LogP contribution in [0.5, 0.6) is 0 Å². The fraction of sp³-hybridized carbons (Fsp3) is 0.522. The molecule has 1 aliphatic rings. The second-order valence-electron chi connectivity index (χ2n) is 8.52. The molecule has 162 valence electrons. The highest BCUT2D eigenvalue weighted by atomic mass is 16.4. The number of rotatable bonds is 7. The molecular formula is C23H33N5O2. The van der Waals surface area contributed by atoms with Gasteiger partial charge in [-0.15, -0.1) is 0 Å². The molecule has 0 saturated heterocycles. The van der Waals surface area contributed by atoms with Crippen LogP contribution in [-0.2, 0) is 23.2 Å². The number of carbonyl (C=O) groups excluding carboxylic acids is 1. The molecule has 0 fully saturated rings. The van der Waals surface area contributed by atoms with Crippen LogP contribution < -0.4 is 15.5 Å². The van der Waals surface area contributed by atoms with Crippen LogP contribution in [0.3, 0.4) is 0 Å². The van der Waals surface area contributed by atoms with Crippen molar-refractivity contribution in [3.05, 3.63) is 47.7 Å². The van der Waals surface area contributed by atoms with Gasteiger partial charge in [-0.3, -0.25) is 4.79 Å². The van der Waals surface area contributed by atoms with Gasteiger partial charge in [0.05, 0.1) is 6.20 Å². The van der Waals surface area contributed by atoms with Crippen molar-refractivity contribution in [3.63, 3.8) is 0 Å². The monoisotopic (exact) mass is 411 g/mol. The van der Waals surface area contributed by atoms with E-state index in [2.05, 4.69) is 47.4 Å². The Morgan fingerprint density at radius 2 is 2.07 bits per heavy atom. The molecule has 1 aliphatic heterocycles. The molecule has 1 aromatic carbocycles. The average Bonchev–Trinajstić information content (AvgIpc) is 3.36. The Morgan fingerprint density at radius 1 is 1.27 bits per heavy atom. The number of para-hydroxylation sites is 1. The van der Waals surface area contributed by atoms with Crippen molar-refractivity contribution >= 4 is 17.6 Å². The van der Waals surface area contributed by atoms with Crippen LogP contribution in [0.1, 0.15) is 57.8 Å². The summed E-state index contributed by atoms with van der Waals surface area (Å²) in [6.45, 7) is 10.9. The number of hydrogen-bond acceptors (Lipinski definition) is 4. The molecule has 2 N–H and O–H groups in total. The number of nitrogens with one attached hydrogen (secondary N) is 2. The van der Waals surface area contributed by atoms with Crippen molar-refractivity contribution in [1.29, 1.82) is 0 Å². The lowest BCUT2D eigenvalue weighted by Crippen LogP contribution is -2.38. The summed E-state index contributed by atoms with van der Waals surface area (Å²) in [4.78, 5) is 23.4. The number of aliphatic imine (C=N–C) groups is 1. The first kappa shape index (κ1) is 21.9. The number of aromatic nitrogens is 1. The molecular weight excluding hydrogens is 378 g/mol. The van der Waals surface area contributed by atoms with Gasteiger partial charge < -0.3 is 20.0 Å². The zero-order chi connectivity index (χ0) is 21.6. The van der Waals surface area contributed by atoms with Crippen molar-refractivity contribution in [1.82, 2.24) is 15.6 Å². The molecule has 1 amide bonds. The SMILES string of the molecule is CCNC(=NCc1ncc(C(C)(C)C)o1)NCCCC(=O)N1CCc2ccccc21. The molecule has 2 heterocycles. The van der Waals surface area contributed by atoms with Gasteiger partial charge in [0.2, 0.25) is 11.8 Å². The third-order valence-electron chi connectivity index (χ3n) is 5.06. The summed E-state index contributed by atoms with van der Waals surface area (Å²) >= 11 is 0. The lowest BCUT2D eigenvalue weighted by Gasteiger charge is -2.17. The second-order valence-corrected chi connectivity index (χ2v) is 8.52. The first-order valence-corrected chi connectivity index (χ1v) is 10.7. The summed E-state index contributed by atoms with van der Waals surface area (Å²) in [7, 11) is 0. The molecule has 0 radical (unpaired) electrons. The first-order valence-electron chi connectivity index (χ1n) is 10.7. The van der Waals surface area contributed by atoms with Gasteiger partial charge in [-0.2, -0.15) is 0 Å². The smallest absolute Gasteiger partial charge is 0.227 e. The largest absolute Gasteiger partial charge is 0.443 e. The van der Waals surface area contributed by atoms with E-state index in [0.717, 1.165) is 37.4 Å². The van der Waals surface area contributed by atoms with E-state index >= 15 is 0 Å². The third kappa shape index (κ3) is 5.62. The Balaban J connectivity index is 1.46. The topological polar surface area (TPSA) is 82.8 Å². The van der Waals surface area contributed by atoms with E-state index in [9.17, 15) is 4.79 Å². The number of oxazole rings is 1. The zero-order valence-corrected chi connectivity index (χ0v) is 18.5. The number of nitrogens with zero attached hydrogens (tertiary/aromatic N) is 3. The van der Waals surface area contributed by atoms with Crippen molar-refractivity contribution in [2.45, 2.75) is 58.9 Å². The van der Waals surface area contributed by atoms with Crippen LogP contribution in [0.4, 0.5) is 5.69 Å². The first-order chi connectivity index (χ1) is 14.4. The Bertz CT molecular complexity index is 882. The number of hydrogen-bond donors (Lipinski definition) is 2. The predicted molar refractivity (Wildman–Crippen MR) is 120 cm³/mol. The molecule has 30 heavy (non-hydrogen) atoms. The highest BCUT2D eigenvalue weighted by Gasteiger charge is 2.23. The van der Waals surface area contributed by atoms with Gasteiger partial charge >= 0.3 is 0 Å².